The summed E-state index contributed by atoms with van der Waals surface area (Å²) in [5, 5.41) is 2.63. The minimum atomic E-state index is -3.91. The number of hydrogen-bond acceptors (Lipinski definition) is 7. The molecule has 3 rings (SSSR count). The molecule has 1 heterocycles. The lowest BCUT2D eigenvalue weighted by molar-refractivity contribution is -0.0258. The molecule has 0 fully saturated rings. The van der Waals surface area contributed by atoms with Crippen molar-refractivity contribution in [3.05, 3.63) is 54.1 Å². The largest absolute Gasteiger partial charge is 0.322 e. The Balaban J connectivity index is 1.72. The summed E-state index contributed by atoms with van der Waals surface area (Å²) >= 11 is 0. The van der Waals surface area contributed by atoms with E-state index >= 15 is 0 Å². The number of carbonyl (C=O) groups excluding carboxylic acids is 1. The van der Waals surface area contributed by atoms with Gasteiger partial charge in [-0.15, -0.1) is 0 Å². The fraction of sp³-hybridized carbons (Fsp3) is 0.333. The Morgan fingerprint density at radius 2 is 1.73 bits per heavy atom. The maximum Gasteiger partial charge on any atom is 0.264 e. The van der Waals surface area contributed by atoms with E-state index in [0.717, 1.165) is 19.3 Å². The molecule has 0 aromatic heterocycles. The van der Waals surface area contributed by atoms with E-state index in [9.17, 15) is 21.6 Å². The van der Waals surface area contributed by atoms with Gasteiger partial charge in [0.1, 0.15) is 5.84 Å². The lowest BCUT2D eigenvalue weighted by Gasteiger charge is -2.14. The van der Waals surface area contributed by atoms with Crippen LogP contribution in [0, 0.1) is 0 Å². The van der Waals surface area contributed by atoms with Gasteiger partial charge in [0.2, 0.25) is 0 Å². The van der Waals surface area contributed by atoms with Crippen molar-refractivity contribution in [2.24, 2.45) is 4.99 Å². The number of amidine groups is 1. The summed E-state index contributed by atoms with van der Waals surface area (Å²) in [6.45, 7) is 0.604. The van der Waals surface area contributed by atoms with Gasteiger partial charge in [0, 0.05) is 31.3 Å². The molecule has 2 aromatic carbocycles. The fourth-order valence-electron chi connectivity index (χ4n) is 3.14. The van der Waals surface area contributed by atoms with E-state index in [2.05, 4.69) is 15.0 Å². The van der Waals surface area contributed by atoms with E-state index in [1.807, 2.05) is 0 Å². The van der Waals surface area contributed by atoms with Crippen LogP contribution in [0.4, 0.5) is 5.69 Å². The van der Waals surface area contributed by atoms with E-state index in [1.165, 1.54) is 62.7 Å². The van der Waals surface area contributed by atoms with E-state index in [1.54, 1.807) is 0 Å². The van der Waals surface area contributed by atoms with Crippen LogP contribution in [0.3, 0.4) is 0 Å². The number of hydroxylamine groups is 1. The molecular formula is C21H26N4O6S2. The molecule has 0 bridgehead atoms. The number of benzene rings is 2. The van der Waals surface area contributed by atoms with Crippen LogP contribution in [0.1, 0.15) is 36.0 Å². The SMILES string of the molecule is CON(C)S(=O)(=O)c1cccc(C(=O)Nc2ccc(S(=O)(=O)NC3=NCCCCC3)cc2)c1. The van der Waals surface area contributed by atoms with Crippen LogP contribution < -0.4 is 10.0 Å². The molecule has 1 aliphatic rings. The van der Waals surface area contributed by atoms with Crippen LogP contribution >= 0.6 is 0 Å². The van der Waals surface area contributed by atoms with E-state index in [-0.39, 0.29) is 15.4 Å². The molecule has 0 radical (unpaired) electrons. The molecule has 12 heteroatoms. The predicted octanol–water partition coefficient (Wildman–Crippen LogP) is 2.37. The molecule has 0 saturated heterocycles. The van der Waals surface area contributed by atoms with Gasteiger partial charge in [-0.1, -0.05) is 17.0 Å². The first kappa shape index (κ1) is 24.8. The number of rotatable bonds is 7. The lowest BCUT2D eigenvalue weighted by atomic mass is 10.2. The van der Waals surface area contributed by atoms with E-state index < -0.39 is 26.0 Å². The second-order valence-electron chi connectivity index (χ2n) is 7.35. The summed E-state index contributed by atoms with van der Waals surface area (Å²) in [5.41, 5.74) is 0.471. The van der Waals surface area contributed by atoms with Gasteiger partial charge in [0.15, 0.2) is 0 Å². The highest BCUT2D eigenvalue weighted by Crippen LogP contribution is 2.19. The quantitative estimate of drug-likeness (QED) is 0.568. The third kappa shape index (κ3) is 6.16. The molecular weight excluding hydrogens is 468 g/mol. The summed E-state index contributed by atoms with van der Waals surface area (Å²) < 4.78 is 53.3. The highest BCUT2D eigenvalue weighted by Gasteiger charge is 2.22. The van der Waals surface area contributed by atoms with Crippen molar-refractivity contribution in [3.8, 4) is 0 Å². The number of amides is 1. The average Bonchev–Trinajstić information content (AvgIpc) is 3.07. The Labute approximate surface area is 193 Å². The summed E-state index contributed by atoms with van der Waals surface area (Å²) in [6, 6.07) is 11.2. The van der Waals surface area contributed by atoms with Crippen LogP contribution in [-0.2, 0) is 24.9 Å². The van der Waals surface area contributed by atoms with Crippen molar-refractivity contribution in [1.29, 1.82) is 0 Å². The first-order valence-electron chi connectivity index (χ1n) is 10.2. The number of sulfonamides is 2. The Hall–Kier alpha value is -2.80. The zero-order valence-corrected chi connectivity index (χ0v) is 19.9. The van der Waals surface area contributed by atoms with Crippen molar-refractivity contribution in [3.63, 3.8) is 0 Å². The molecule has 0 saturated carbocycles. The Bertz CT molecular complexity index is 1240. The molecule has 0 spiro atoms. The maximum absolute atomic E-state index is 12.6. The number of carbonyl (C=O) groups is 1. The molecule has 10 nitrogen and oxygen atoms in total. The predicted molar refractivity (Wildman–Crippen MR) is 124 cm³/mol. The average molecular weight is 495 g/mol. The monoisotopic (exact) mass is 494 g/mol. The Morgan fingerprint density at radius 1 is 1.00 bits per heavy atom. The highest BCUT2D eigenvalue weighted by molar-refractivity contribution is 7.90. The normalized spacial score (nSPS) is 14.9. The maximum atomic E-state index is 12.6. The summed E-state index contributed by atoms with van der Waals surface area (Å²) in [6.07, 6.45) is 3.43. The smallest absolute Gasteiger partial charge is 0.264 e. The lowest BCUT2D eigenvalue weighted by Crippen LogP contribution is -2.30. The Kier molecular flexibility index (Phi) is 7.84. The number of aliphatic imine (C=N–C) groups is 1. The van der Waals surface area contributed by atoms with Crippen molar-refractivity contribution in [2.75, 3.05) is 26.0 Å². The van der Waals surface area contributed by atoms with Gasteiger partial charge in [-0.2, -0.15) is 0 Å². The van der Waals surface area contributed by atoms with Crippen LogP contribution in [0.2, 0.25) is 0 Å². The summed E-state index contributed by atoms with van der Waals surface area (Å²) in [7, 11) is -5.22. The van der Waals surface area contributed by atoms with Crippen LogP contribution in [0.15, 0.2) is 63.3 Å². The molecule has 1 aliphatic heterocycles. The van der Waals surface area contributed by atoms with Crippen molar-refractivity contribution in [2.45, 2.75) is 35.5 Å². The van der Waals surface area contributed by atoms with Gasteiger partial charge in [0.05, 0.1) is 16.9 Å². The van der Waals surface area contributed by atoms with Gasteiger partial charge in [-0.25, -0.2) is 16.8 Å². The first-order chi connectivity index (χ1) is 15.6. The number of anilines is 1. The molecule has 0 aliphatic carbocycles. The zero-order valence-electron chi connectivity index (χ0n) is 18.3. The number of nitrogens with zero attached hydrogens (tertiary/aromatic N) is 2. The fourth-order valence-corrected chi connectivity index (χ4v) is 5.25. The topological polar surface area (TPSA) is 134 Å². The molecule has 2 aromatic rings. The third-order valence-electron chi connectivity index (χ3n) is 5.04. The van der Waals surface area contributed by atoms with Crippen LogP contribution in [0.5, 0.6) is 0 Å². The molecule has 178 valence electrons. The van der Waals surface area contributed by atoms with Crippen LogP contribution in [-0.4, -0.2) is 53.7 Å². The standard InChI is InChI=1S/C21H26N4O6S2/c1-25(31-2)33(29,30)19-8-6-7-16(15-19)21(26)23-17-10-12-18(13-11-17)32(27,28)24-20-9-4-3-5-14-22-20/h6-8,10-13,15H,3-5,9,14H2,1-2H3,(H,22,24)(H,23,26). The zero-order chi connectivity index (χ0) is 24.1. The second kappa shape index (κ2) is 10.4. The minimum absolute atomic E-state index is 0.0446. The van der Waals surface area contributed by atoms with Crippen molar-refractivity contribution in [1.82, 2.24) is 9.19 Å². The van der Waals surface area contributed by atoms with Gasteiger partial charge in [-0.3, -0.25) is 19.3 Å². The van der Waals surface area contributed by atoms with Gasteiger partial charge in [0.25, 0.3) is 26.0 Å². The van der Waals surface area contributed by atoms with Crippen LogP contribution in [0.25, 0.3) is 0 Å². The second-order valence-corrected chi connectivity index (χ2v) is 11.0. The third-order valence-corrected chi connectivity index (χ3v) is 8.11. The number of nitrogens with one attached hydrogen (secondary N) is 2. The summed E-state index contributed by atoms with van der Waals surface area (Å²) in [4.78, 5) is 21.6. The molecule has 0 unspecified atom stereocenters. The molecule has 0 atom stereocenters. The van der Waals surface area contributed by atoms with E-state index in [0.29, 0.717) is 29.0 Å². The summed E-state index contributed by atoms with van der Waals surface area (Å²) in [5.74, 6) is -0.0903. The van der Waals surface area contributed by atoms with Gasteiger partial charge >= 0.3 is 0 Å². The highest BCUT2D eigenvalue weighted by atomic mass is 32.2. The first-order valence-corrected chi connectivity index (χ1v) is 13.2. The Morgan fingerprint density at radius 3 is 2.42 bits per heavy atom. The molecule has 2 N–H and O–H groups in total. The number of hydrogen-bond donors (Lipinski definition) is 2. The molecule has 33 heavy (non-hydrogen) atoms. The van der Waals surface area contributed by atoms with Crippen molar-refractivity contribution >= 4 is 37.5 Å². The van der Waals surface area contributed by atoms with Crippen molar-refractivity contribution < 1.29 is 26.5 Å². The van der Waals surface area contributed by atoms with E-state index in [4.69, 9.17) is 4.84 Å². The minimum Gasteiger partial charge on any atom is -0.322 e. The van der Waals surface area contributed by atoms with Gasteiger partial charge in [-0.05, 0) is 55.3 Å². The van der Waals surface area contributed by atoms with Gasteiger partial charge < -0.3 is 5.32 Å². The molecule has 1 amide bonds.